The lowest BCUT2D eigenvalue weighted by molar-refractivity contribution is -0.140. The van der Waals surface area contributed by atoms with Gasteiger partial charge >= 0.3 is 11.9 Å². The van der Waals surface area contributed by atoms with Gasteiger partial charge in [-0.3, -0.25) is 4.79 Å². The number of aliphatic carboxylic acids is 1. The number of methoxy groups -OCH3 is 1. The van der Waals surface area contributed by atoms with Gasteiger partial charge in [0.1, 0.15) is 11.7 Å². The van der Waals surface area contributed by atoms with Gasteiger partial charge in [-0.2, -0.15) is 11.8 Å². The summed E-state index contributed by atoms with van der Waals surface area (Å²) in [6.07, 6.45) is 0. The number of rotatable bonds is 7. The van der Waals surface area contributed by atoms with E-state index >= 15 is 0 Å². The van der Waals surface area contributed by atoms with Crippen molar-refractivity contribution in [2.45, 2.75) is 18.7 Å². The van der Waals surface area contributed by atoms with Crippen molar-refractivity contribution in [2.75, 3.05) is 12.9 Å². The highest BCUT2D eigenvalue weighted by Gasteiger charge is 2.18. The number of carboxylic acid groups (broad SMARTS) is 1. The highest BCUT2D eigenvalue weighted by Crippen LogP contribution is 2.12. The quantitative estimate of drug-likeness (QED) is 0.713. The van der Waals surface area contributed by atoms with Crippen LogP contribution in [0.4, 0.5) is 0 Å². The minimum absolute atomic E-state index is 0.201. The number of hydrogen-bond acceptors (Lipinski definition) is 6. The molecule has 0 spiro atoms. The summed E-state index contributed by atoms with van der Waals surface area (Å²) in [7, 11) is 1.27. The molecule has 0 fully saturated rings. The molecule has 0 aliphatic rings. The summed E-state index contributed by atoms with van der Waals surface area (Å²) in [5.74, 6) is -1.38. The topological polar surface area (TPSA) is 106 Å². The first-order chi connectivity index (χ1) is 9.93. The van der Waals surface area contributed by atoms with Crippen molar-refractivity contribution in [3.05, 3.63) is 29.6 Å². The highest BCUT2D eigenvalue weighted by atomic mass is 32.2. The zero-order chi connectivity index (χ0) is 15.8. The first-order valence-corrected chi connectivity index (χ1v) is 7.21. The number of carboxylic acids is 1. The molecule has 1 aromatic rings. The predicted octanol–water partition coefficient (Wildman–Crippen LogP) is 0.691. The summed E-state index contributed by atoms with van der Waals surface area (Å²) in [6, 6.07) is 4.00. The Kier molecular flexibility index (Phi) is 6.67. The van der Waals surface area contributed by atoms with Crippen LogP contribution in [0.1, 0.15) is 23.1 Å². The minimum Gasteiger partial charge on any atom is -0.480 e. The number of pyridine rings is 1. The van der Waals surface area contributed by atoms with E-state index < -0.39 is 23.9 Å². The SMILES string of the molecule is COC(=O)c1cccc(CSC[C@H](NC(C)=O)C(=O)O)n1. The summed E-state index contributed by atoms with van der Waals surface area (Å²) in [5, 5.41) is 11.3. The van der Waals surface area contributed by atoms with Crippen molar-refractivity contribution >= 4 is 29.6 Å². The smallest absolute Gasteiger partial charge is 0.356 e. The first kappa shape index (κ1) is 17.0. The Morgan fingerprint density at radius 3 is 2.71 bits per heavy atom. The van der Waals surface area contributed by atoms with E-state index in [9.17, 15) is 14.4 Å². The predicted molar refractivity (Wildman–Crippen MR) is 77.0 cm³/mol. The van der Waals surface area contributed by atoms with Crippen molar-refractivity contribution in [2.24, 2.45) is 0 Å². The number of thioether (sulfide) groups is 1. The molecule has 21 heavy (non-hydrogen) atoms. The maximum Gasteiger partial charge on any atom is 0.356 e. The molecule has 2 N–H and O–H groups in total. The Bertz CT molecular complexity index is 535. The normalized spacial score (nSPS) is 11.5. The standard InChI is InChI=1S/C13H16N2O5S/c1-8(16)14-11(12(17)18)7-21-6-9-4-3-5-10(15-9)13(19)20-2/h3-5,11H,6-7H2,1-2H3,(H,14,16)(H,17,18)/t11-/m0/s1. The minimum atomic E-state index is -1.09. The largest absolute Gasteiger partial charge is 0.480 e. The molecule has 0 aliphatic heterocycles. The fourth-order valence-electron chi connectivity index (χ4n) is 1.48. The Balaban J connectivity index is 2.56. The van der Waals surface area contributed by atoms with E-state index in [0.29, 0.717) is 11.4 Å². The van der Waals surface area contributed by atoms with E-state index in [1.165, 1.54) is 31.9 Å². The Morgan fingerprint density at radius 2 is 2.14 bits per heavy atom. The zero-order valence-corrected chi connectivity index (χ0v) is 12.5. The lowest BCUT2D eigenvalue weighted by atomic mass is 10.3. The van der Waals surface area contributed by atoms with Gasteiger partial charge in [0.25, 0.3) is 0 Å². The molecule has 0 radical (unpaired) electrons. The molecule has 0 unspecified atom stereocenters. The maximum absolute atomic E-state index is 11.3. The Hall–Kier alpha value is -2.09. The zero-order valence-electron chi connectivity index (χ0n) is 11.7. The molecule has 0 aliphatic carbocycles. The number of hydrogen-bond donors (Lipinski definition) is 2. The second kappa shape index (κ2) is 8.25. The van der Waals surface area contributed by atoms with Gasteiger partial charge in [0.05, 0.1) is 12.8 Å². The molecule has 1 heterocycles. The molecular weight excluding hydrogens is 296 g/mol. The van der Waals surface area contributed by atoms with Gasteiger partial charge in [-0.1, -0.05) is 6.07 Å². The molecule has 0 saturated heterocycles. The summed E-state index contributed by atoms with van der Waals surface area (Å²) in [5.41, 5.74) is 0.835. The number of carbonyl (C=O) groups is 3. The summed E-state index contributed by atoms with van der Waals surface area (Å²) in [4.78, 5) is 37.3. The van der Waals surface area contributed by atoms with E-state index in [1.54, 1.807) is 12.1 Å². The van der Waals surface area contributed by atoms with Gasteiger partial charge in [0.15, 0.2) is 0 Å². The van der Waals surface area contributed by atoms with Gasteiger partial charge in [0, 0.05) is 18.4 Å². The van der Waals surface area contributed by atoms with Gasteiger partial charge in [-0.05, 0) is 12.1 Å². The van der Waals surface area contributed by atoms with Crippen molar-refractivity contribution in [1.29, 1.82) is 0 Å². The van der Waals surface area contributed by atoms with E-state index in [2.05, 4.69) is 15.0 Å². The van der Waals surface area contributed by atoms with Crippen LogP contribution in [-0.4, -0.2) is 46.8 Å². The second-order valence-corrected chi connectivity index (χ2v) is 5.14. The van der Waals surface area contributed by atoms with Crippen molar-refractivity contribution < 1.29 is 24.2 Å². The lowest BCUT2D eigenvalue weighted by Crippen LogP contribution is -2.41. The number of carbonyl (C=O) groups excluding carboxylic acids is 2. The third kappa shape index (κ3) is 5.82. The second-order valence-electron chi connectivity index (χ2n) is 4.11. The van der Waals surface area contributed by atoms with E-state index in [1.807, 2.05) is 0 Å². The van der Waals surface area contributed by atoms with Crippen LogP contribution in [-0.2, 0) is 20.1 Å². The molecule has 0 bridgehead atoms. The van der Waals surface area contributed by atoms with Crippen molar-refractivity contribution in [3.63, 3.8) is 0 Å². The number of nitrogens with one attached hydrogen (secondary N) is 1. The van der Waals surface area contributed by atoms with Crippen LogP contribution < -0.4 is 5.32 Å². The highest BCUT2D eigenvalue weighted by molar-refractivity contribution is 7.98. The first-order valence-electron chi connectivity index (χ1n) is 6.06. The molecule has 1 rings (SSSR count). The fraction of sp³-hybridized carbons (Fsp3) is 0.385. The van der Waals surface area contributed by atoms with E-state index in [0.717, 1.165) is 0 Å². The number of ether oxygens (including phenoxy) is 1. The number of amides is 1. The van der Waals surface area contributed by atoms with E-state index in [4.69, 9.17) is 5.11 Å². The van der Waals surface area contributed by atoms with Crippen LogP contribution in [0.25, 0.3) is 0 Å². The third-order valence-corrected chi connectivity index (χ3v) is 3.48. The number of esters is 1. The maximum atomic E-state index is 11.3. The Labute approximate surface area is 126 Å². The fourth-order valence-corrected chi connectivity index (χ4v) is 2.43. The lowest BCUT2D eigenvalue weighted by Gasteiger charge is -2.12. The molecule has 8 heteroatoms. The van der Waals surface area contributed by atoms with Crippen molar-refractivity contribution in [1.82, 2.24) is 10.3 Å². The monoisotopic (exact) mass is 312 g/mol. The van der Waals surface area contributed by atoms with Crippen molar-refractivity contribution in [3.8, 4) is 0 Å². The number of aromatic nitrogens is 1. The van der Waals surface area contributed by atoms with E-state index in [-0.39, 0.29) is 11.4 Å². The molecule has 1 aromatic heterocycles. The van der Waals surface area contributed by atoms with Crippen LogP contribution in [0.3, 0.4) is 0 Å². The van der Waals surface area contributed by atoms with Crippen LogP contribution in [0.15, 0.2) is 18.2 Å². The molecule has 1 amide bonds. The average molecular weight is 312 g/mol. The van der Waals surface area contributed by atoms with Gasteiger partial charge in [-0.25, -0.2) is 14.6 Å². The van der Waals surface area contributed by atoms with Crippen LogP contribution >= 0.6 is 11.8 Å². The van der Waals surface area contributed by atoms with Crippen LogP contribution in [0.2, 0.25) is 0 Å². The van der Waals surface area contributed by atoms with Gasteiger partial charge in [0.2, 0.25) is 5.91 Å². The van der Waals surface area contributed by atoms with Crippen LogP contribution in [0.5, 0.6) is 0 Å². The third-order valence-electron chi connectivity index (χ3n) is 2.41. The molecule has 7 nitrogen and oxygen atoms in total. The van der Waals surface area contributed by atoms with Gasteiger partial charge in [-0.15, -0.1) is 0 Å². The molecular formula is C13H16N2O5S. The molecule has 0 aromatic carbocycles. The average Bonchev–Trinajstić information content (AvgIpc) is 2.45. The number of nitrogens with zero attached hydrogens (tertiary/aromatic N) is 1. The Morgan fingerprint density at radius 1 is 1.43 bits per heavy atom. The molecule has 1 atom stereocenters. The van der Waals surface area contributed by atoms with Crippen LogP contribution in [0, 0.1) is 0 Å². The summed E-state index contributed by atoms with van der Waals surface area (Å²) < 4.78 is 4.58. The summed E-state index contributed by atoms with van der Waals surface area (Å²) >= 11 is 1.30. The molecule has 114 valence electrons. The molecule has 0 saturated carbocycles. The van der Waals surface area contributed by atoms with Gasteiger partial charge < -0.3 is 15.2 Å². The summed E-state index contributed by atoms with van der Waals surface area (Å²) in [6.45, 7) is 1.27.